The van der Waals surface area contributed by atoms with Crippen molar-refractivity contribution in [3.8, 4) is 17.2 Å². The van der Waals surface area contributed by atoms with Gasteiger partial charge in [-0.05, 0) is 54.8 Å². The summed E-state index contributed by atoms with van der Waals surface area (Å²) in [5.41, 5.74) is 3.21. The summed E-state index contributed by atoms with van der Waals surface area (Å²) in [6.45, 7) is 5.51. The zero-order valence-electron chi connectivity index (χ0n) is 25.0. The number of carbonyl (C=O) groups is 2. The summed E-state index contributed by atoms with van der Waals surface area (Å²) >= 11 is 2.74. The number of carbonyl (C=O) groups excluding carboxylic acids is 2. The van der Waals surface area contributed by atoms with Gasteiger partial charge in [-0.15, -0.1) is 10.2 Å². The van der Waals surface area contributed by atoms with E-state index in [9.17, 15) is 14.7 Å². The third-order valence-corrected chi connectivity index (χ3v) is 9.66. The zero-order chi connectivity index (χ0) is 31.3. The smallest absolute Gasteiger partial charge is 0.301 e. The summed E-state index contributed by atoms with van der Waals surface area (Å²) in [4.78, 5) is 28.7. The van der Waals surface area contributed by atoms with E-state index in [1.54, 1.807) is 24.3 Å². The first-order chi connectivity index (χ1) is 21.9. The van der Waals surface area contributed by atoms with Crippen LogP contribution in [0, 0.1) is 6.92 Å². The first kappa shape index (κ1) is 30.7. The molecule has 0 aliphatic carbocycles. The molecule has 6 rings (SSSR count). The van der Waals surface area contributed by atoms with Gasteiger partial charge in [0.1, 0.15) is 24.7 Å². The number of aryl methyl sites for hydroxylation is 1. The zero-order valence-corrected chi connectivity index (χ0v) is 26.7. The van der Waals surface area contributed by atoms with Crippen molar-refractivity contribution in [2.24, 2.45) is 0 Å². The Morgan fingerprint density at radius 1 is 1.02 bits per heavy atom. The second-order valence-corrected chi connectivity index (χ2v) is 13.0. The van der Waals surface area contributed by atoms with Gasteiger partial charge in [0.15, 0.2) is 15.8 Å². The lowest BCUT2D eigenvalue weighted by Crippen LogP contribution is -2.29. The summed E-state index contributed by atoms with van der Waals surface area (Å²) < 4.78 is 18.0. The van der Waals surface area contributed by atoms with E-state index in [4.69, 9.17) is 14.2 Å². The molecule has 1 saturated heterocycles. The third-order valence-electron chi connectivity index (χ3n) is 7.54. The van der Waals surface area contributed by atoms with Crippen LogP contribution in [0.15, 0.2) is 76.6 Å². The average Bonchev–Trinajstić information content (AvgIpc) is 3.64. The minimum atomic E-state index is -0.958. The van der Waals surface area contributed by atoms with Crippen LogP contribution in [0.4, 0.5) is 5.13 Å². The van der Waals surface area contributed by atoms with Crippen LogP contribution in [-0.2, 0) is 15.3 Å². The fourth-order valence-electron chi connectivity index (χ4n) is 5.20. The second kappa shape index (κ2) is 13.7. The normalized spacial score (nSPS) is 17.1. The van der Waals surface area contributed by atoms with Crippen molar-refractivity contribution >= 4 is 45.7 Å². The summed E-state index contributed by atoms with van der Waals surface area (Å²) in [5, 5.41) is 20.6. The molecule has 45 heavy (non-hydrogen) atoms. The van der Waals surface area contributed by atoms with E-state index >= 15 is 0 Å². The topological polar surface area (TPSA) is 111 Å². The van der Waals surface area contributed by atoms with Crippen LogP contribution in [-0.4, -0.2) is 46.8 Å². The van der Waals surface area contributed by atoms with E-state index in [1.165, 1.54) is 33.6 Å². The largest absolute Gasteiger partial charge is 0.507 e. The molecule has 0 bridgehead atoms. The number of rotatable bonds is 11. The number of nitrogens with zero attached hydrogens (tertiary/aromatic N) is 3. The van der Waals surface area contributed by atoms with Gasteiger partial charge in [0.05, 0.1) is 18.2 Å². The molecule has 2 aliphatic rings. The summed E-state index contributed by atoms with van der Waals surface area (Å²) in [6.07, 6.45) is 3.04. The highest BCUT2D eigenvalue weighted by atomic mass is 32.2. The van der Waals surface area contributed by atoms with Crippen molar-refractivity contribution in [2.45, 2.75) is 49.2 Å². The predicted molar refractivity (Wildman–Crippen MR) is 174 cm³/mol. The molecule has 0 unspecified atom stereocenters. The maximum absolute atomic E-state index is 13.7. The van der Waals surface area contributed by atoms with Gasteiger partial charge in [-0.25, -0.2) is 0 Å². The van der Waals surface area contributed by atoms with Crippen molar-refractivity contribution in [1.29, 1.82) is 0 Å². The number of hydrogen-bond acceptors (Lipinski definition) is 10. The number of ether oxygens (including phenoxy) is 3. The maximum atomic E-state index is 13.7. The molecule has 0 spiro atoms. The lowest BCUT2D eigenvalue weighted by atomic mass is 9.95. The number of amides is 1. The molecule has 3 heterocycles. The van der Waals surface area contributed by atoms with Gasteiger partial charge in [-0.2, -0.15) is 0 Å². The summed E-state index contributed by atoms with van der Waals surface area (Å²) in [6, 6.07) is 19.5. The number of ketones is 1. The number of Topliss-reactive ketones (excluding diaryl/α,β-unsaturated/α-hetero) is 1. The molecule has 11 heteroatoms. The SMILES string of the molecule is CCCCCOc1cccc([C@H]2/C(=C(\O)c3ccc4c(c3)OCCO4)C(=O)C(=O)N2c2nnc(SCc3ccc(C)cc3)s2)c1. The number of hydrogen-bond donors (Lipinski definition) is 1. The average molecular weight is 644 g/mol. The Bertz CT molecular complexity index is 1740. The van der Waals surface area contributed by atoms with Crippen LogP contribution < -0.4 is 19.1 Å². The Morgan fingerprint density at radius 2 is 1.82 bits per heavy atom. The Kier molecular flexibility index (Phi) is 9.37. The lowest BCUT2D eigenvalue weighted by Gasteiger charge is -2.23. The molecule has 1 atom stereocenters. The van der Waals surface area contributed by atoms with Crippen molar-refractivity contribution < 1.29 is 28.9 Å². The first-order valence-corrected chi connectivity index (χ1v) is 16.7. The Labute approximate surface area is 269 Å². The summed E-state index contributed by atoms with van der Waals surface area (Å²) in [5.74, 6) is 0.375. The number of unbranched alkanes of at least 4 members (excludes halogenated alkanes) is 2. The Balaban J connectivity index is 1.37. The van der Waals surface area contributed by atoms with Crippen molar-refractivity contribution in [3.63, 3.8) is 0 Å². The van der Waals surface area contributed by atoms with E-state index in [-0.39, 0.29) is 16.5 Å². The molecular formula is C34H33N3O6S2. The van der Waals surface area contributed by atoms with E-state index in [1.807, 2.05) is 25.1 Å². The highest BCUT2D eigenvalue weighted by Crippen LogP contribution is 2.45. The molecule has 1 aromatic heterocycles. The van der Waals surface area contributed by atoms with Crippen molar-refractivity contribution in [3.05, 3.63) is 94.6 Å². The lowest BCUT2D eigenvalue weighted by molar-refractivity contribution is -0.132. The van der Waals surface area contributed by atoms with Gasteiger partial charge in [-0.3, -0.25) is 14.5 Å². The minimum Gasteiger partial charge on any atom is -0.507 e. The number of aliphatic hydroxyl groups excluding tert-OH is 1. The highest BCUT2D eigenvalue weighted by Gasteiger charge is 2.48. The highest BCUT2D eigenvalue weighted by molar-refractivity contribution is 8.00. The molecule has 2 aliphatic heterocycles. The van der Waals surface area contributed by atoms with E-state index in [0.717, 1.165) is 24.8 Å². The van der Waals surface area contributed by atoms with E-state index in [2.05, 4.69) is 41.4 Å². The molecular weight excluding hydrogens is 611 g/mol. The molecule has 1 fully saturated rings. The molecule has 3 aromatic carbocycles. The standard InChI is InChI=1S/C34H33N3O6S2/c1-3-4-5-15-41-25-8-6-7-23(18-25)29-28(30(38)24-13-14-26-27(19-24)43-17-16-42-26)31(39)32(40)37(29)33-35-36-34(45-33)44-20-22-11-9-21(2)10-12-22/h6-14,18-19,29,38H,3-5,15-17,20H2,1-2H3/b30-28+/t29-/m0/s1. The first-order valence-electron chi connectivity index (χ1n) is 14.9. The number of fused-ring (bicyclic) bond motifs is 1. The number of benzene rings is 3. The van der Waals surface area contributed by atoms with Gasteiger partial charge in [0, 0.05) is 11.3 Å². The monoisotopic (exact) mass is 643 g/mol. The number of thioether (sulfide) groups is 1. The fourth-order valence-corrected chi connectivity index (χ4v) is 7.02. The van der Waals surface area contributed by atoms with Crippen LogP contribution in [0.1, 0.15) is 54.5 Å². The van der Waals surface area contributed by atoms with Crippen LogP contribution in [0.2, 0.25) is 0 Å². The second-order valence-electron chi connectivity index (χ2n) is 10.8. The maximum Gasteiger partial charge on any atom is 0.301 e. The molecule has 1 amide bonds. The Morgan fingerprint density at radius 3 is 2.62 bits per heavy atom. The fraction of sp³-hybridized carbons (Fsp3) is 0.294. The van der Waals surface area contributed by atoms with Gasteiger partial charge in [0.25, 0.3) is 5.78 Å². The third kappa shape index (κ3) is 6.69. The quantitative estimate of drug-likeness (QED) is 0.0457. The van der Waals surface area contributed by atoms with Gasteiger partial charge < -0.3 is 19.3 Å². The molecule has 4 aromatic rings. The van der Waals surface area contributed by atoms with Gasteiger partial charge >= 0.3 is 5.91 Å². The number of aromatic nitrogens is 2. The number of anilines is 1. The number of aliphatic hydroxyl groups is 1. The van der Waals surface area contributed by atoms with Crippen LogP contribution in [0.25, 0.3) is 5.76 Å². The summed E-state index contributed by atoms with van der Waals surface area (Å²) in [7, 11) is 0. The molecule has 0 radical (unpaired) electrons. The van der Waals surface area contributed by atoms with E-state index < -0.39 is 17.7 Å². The molecule has 9 nitrogen and oxygen atoms in total. The molecule has 0 saturated carbocycles. The van der Waals surface area contributed by atoms with Crippen LogP contribution in [0.3, 0.4) is 0 Å². The van der Waals surface area contributed by atoms with E-state index in [0.29, 0.717) is 58.3 Å². The Hall–Kier alpha value is -4.35. The molecule has 1 N–H and O–H groups in total. The molecule has 232 valence electrons. The predicted octanol–water partition coefficient (Wildman–Crippen LogP) is 7.11. The van der Waals surface area contributed by atoms with Gasteiger partial charge in [-0.1, -0.05) is 84.8 Å². The van der Waals surface area contributed by atoms with Crippen LogP contribution >= 0.6 is 23.1 Å². The van der Waals surface area contributed by atoms with Crippen LogP contribution in [0.5, 0.6) is 17.2 Å². The van der Waals surface area contributed by atoms with Crippen molar-refractivity contribution in [2.75, 3.05) is 24.7 Å². The minimum absolute atomic E-state index is 0.0520. The van der Waals surface area contributed by atoms with Gasteiger partial charge in [0.2, 0.25) is 5.13 Å². The van der Waals surface area contributed by atoms with Crippen molar-refractivity contribution in [1.82, 2.24) is 10.2 Å².